The van der Waals surface area contributed by atoms with Crippen molar-refractivity contribution in [3.8, 4) is 16.2 Å². The third-order valence-electron chi connectivity index (χ3n) is 4.93. The lowest BCUT2D eigenvalue weighted by molar-refractivity contribution is 0.414. The Kier molecular flexibility index (Phi) is 6.23. The molecule has 1 aromatic carbocycles. The van der Waals surface area contributed by atoms with E-state index in [1.165, 1.54) is 41.4 Å². The predicted octanol–water partition coefficient (Wildman–Crippen LogP) is 5.61. The molecule has 0 saturated heterocycles. The van der Waals surface area contributed by atoms with Gasteiger partial charge in [-0.1, -0.05) is 19.3 Å². The fraction of sp³-hybridized carbons (Fsp3) is 0.550. The lowest BCUT2D eigenvalue weighted by Gasteiger charge is -2.34. The number of ether oxygens (including phenoxy) is 1. The first-order chi connectivity index (χ1) is 12.8. The lowest BCUT2D eigenvalue weighted by Crippen LogP contribution is -2.42. The van der Waals surface area contributed by atoms with Gasteiger partial charge in [0.1, 0.15) is 5.75 Å². The van der Waals surface area contributed by atoms with E-state index in [4.69, 9.17) is 9.72 Å². The normalized spacial score (nSPS) is 16.9. The van der Waals surface area contributed by atoms with E-state index in [9.17, 15) is 8.76 Å². The average Bonchev–Trinajstić information content (AvgIpc) is 3.11. The Morgan fingerprint density at radius 1 is 1.26 bits per heavy atom. The SMILES string of the molecule is COc1ccc(-c2cnc(C3CCCCC3)s2)c(N(S(=O)O)C(C)(C)C)c1. The van der Waals surface area contributed by atoms with Crippen LogP contribution in [0.3, 0.4) is 0 Å². The molecule has 1 aliphatic rings. The maximum absolute atomic E-state index is 12.2. The third-order valence-corrected chi connectivity index (χ3v) is 7.18. The van der Waals surface area contributed by atoms with Crippen LogP contribution in [-0.2, 0) is 11.3 Å². The Balaban J connectivity index is 2.05. The summed E-state index contributed by atoms with van der Waals surface area (Å²) >= 11 is -0.453. The summed E-state index contributed by atoms with van der Waals surface area (Å²) in [6.07, 6.45) is 8.18. The first-order valence-corrected chi connectivity index (χ1v) is 11.2. The number of rotatable bonds is 5. The van der Waals surface area contributed by atoms with Crippen LogP contribution in [0.15, 0.2) is 24.4 Å². The number of methoxy groups -OCH3 is 1. The van der Waals surface area contributed by atoms with Gasteiger partial charge in [-0.15, -0.1) is 11.3 Å². The van der Waals surface area contributed by atoms with Crippen LogP contribution in [0.2, 0.25) is 0 Å². The van der Waals surface area contributed by atoms with E-state index < -0.39 is 16.8 Å². The zero-order valence-corrected chi connectivity index (χ0v) is 18.0. The van der Waals surface area contributed by atoms with Gasteiger partial charge in [0.2, 0.25) is 0 Å². The maximum Gasteiger partial charge on any atom is 0.262 e. The highest BCUT2D eigenvalue weighted by atomic mass is 32.2. The van der Waals surface area contributed by atoms with Gasteiger partial charge in [-0.25, -0.2) is 9.19 Å². The number of aromatic nitrogens is 1. The molecule has 1 heterocycles. The quantitative estimate of drug-likeness (QED) is 0.653. The van der Waals surface area contributed by atoms with Crippen LogP contribution >= 0.6 is 11.3 Å². The minimum Gasteiger partial charge on any atom is -0.497 e. The van der Waals surface area contributed by atoms with Gasteiger partial charge in [0.05, 0.1) is 22.7 Å². The van der Waals surface area contributed by atoms with Crippen molar-refractivity contribution < 1.29 is 13.5 Å². The molecule has 1 aromatic heterocycles. The minimum absolute atomic E-state index is 0.530. The molecule has 1 saturated carbocycles. The minimum atomic E-state index is -2.15. The van der Waals surface area contributed by atoms with Crippen molar-refractivity contribution in [3.63, 3.8) is 0 Å². The zero-order chi connectivity index (χ0) is 19.6. The van der Waals surface area contributed by atoms with E-state index >= 15 is 0 Å². The second-order valence-corrected chi connectivity index (χ2v) is 9.87. The van der Waals surface area contributed by atoms with Crippen molar-refractivity contribution in [2.45, 2.75) is 64.3 Å². The van der Waals surface area contributed by atoms with E-state index in [-0.39, 0.29) is 0 Å². The van der Waals surface area contributed by atoms with E-state index in [0.29, 0.717) is 17.4 Å². The van der Waals surface area contributed by atoms with Crippen molar-refractivity contribution >= 4 is 28.3 Å². The summed E-state index contributed by atoms with van der Waals surface area (Å²) < 4.78 is 29.0. The van der Waals surface area contributed by atoms with Gasteiger partial charge in [0, 0.05) is 29.3 Å². The molecule has 148 valence electrons. The van der Waals surface area contributed by atoms with E-state index in [0.717, 1.165) is 10.4 Å². The fourth-order valence-electron chi connectivity index (χ4n) is 3.64. The summed E-state index contributed by atoms with van der Waals surface area (Å²) in [5.74, 6) is 1.20. The molecule has 0 spiro atoms. The second-order valence-electron chi connectivity index (χ2n) is 7.98. The molecule has 1 fully saturated rings. The molecule has 0 bridgehead atoms. The first-order valence-electron chi connectivity index (χ1n) is 9.36. The average molecular weight is 409 g/mol. The molecule has 1 aliphatic carbocycles. The molecular weight excluding hydrogens is 380 g/mol. The Labute approximate surface area is 168 Å². The number of nitrogens with zero attached hydrogens (tertiary/aromatic N) is 2. The van der Waals surface area contributed by atoms with Gasteiger partial charge in [0.25, 0.3) is 11.3 Å². The summed E-state index contributed by atoms with van der Waals surface area (Å²) in [5, 5.41) is 1.18. The fourth-order valence-corrected chi connectivity index (χ4v) is 5.55. The molecule has 0 radical (unpaired) electrons. The van der Waals surface area contributed by atoms with Gasteiger partial charge in [-0.05, 0) is 45.7 Å². The molecule has 0 aliphatic heterocycles. The summed E-state index contributed by atoms with van der Waals surface area (Å²) in [6.45, 7) is 5.76. The summed E-state index contributed by atoms with van der Waals surface area (Å²) in [6, 6.07) is 5.67. The van der Waals surface area contributed by atoms with E-state index in [2.05, 4.69) is 0 Å². The van der Waals surface area contributed by atoms with Gasteiger partial charge in [-0.2, -0.15) is 0 Å². The second kappa shape index (κ2) is 8.29. The smallest absolute Gasteiger partial charge is 0.262 e. The highest BCUT2D eigenvalue weighted by Gasteiger charge is 2.30. The maximum atomic E-state index is 12.2. The molecule has 0 amide bonds. The zero-order valence-electron chi connectivity index (χ0n) is 16.4. The van der Waals surface area contributed by atoms with Crippen LogP contribution < -0.4 is 9.04 Å². The summed E-state index contributed by atoms with van der Waals surface area (Å²) in [7, 11) is 1.60. The van der Waals surface area contributed by atoms with Crippen molar-refractivity contribution in [1.29, 1.82) is 0 Å². The van der Waals surface area contributed by atoms with E-state index in [1.54, 1.807) is 18.4 Å². The van der Waals surface area contributed by atoms with Crippen LogP contribution in [0.5, 0.6) is 5.75 Å². The van der Waals surface area contributed by atoms with Gasteiger partial charge < -0.3 is 4.74 Å². The van der Waals surface area contributed by atoms with Crippen LogP contribution in [0, 0.1) is 0 Å². The van der Waals surface area contributed by atoms with Gasteiger partial charge >= 0.3 is 0 Å². The van der Waals surface area contributed by atoms with Crippen LogP contribution in [0.25, 0.3) is 10.4 Å². The van der Waals surface area contributed by atoms with Crippen molar-refractivity contribution in [3.05, 3.63) is 29.4 Å². The standard InChI is InChI=1S/C20H28N2O3S2/c1-20(2,3)22(27(23)24)17-12-15(25-4)10-11-16(17)18-13-21-19(26-18)14-8-6-5-7-9-14/h10-14H,5-9H2,1-4H3,(H,23,24). The molecule has 3 rings (SSSR count). The lowest BCUT2D eigenvalue weighted by atomic mass is 9.90. The third kappa shape index (κ3) is 4.52. The Bertz CT molecular complexity index is 808. The number of hydrogen-bond acceptors (Lipinski definition) is 4. The van der Waals surface area contributed by atoms with E-state index in [1.807, 2.05) is 45.2 Å². The molecule has 27 heavy (non-hydrogen) atoms. The largest absolute Gasteiger partial charge is 0.497 e. The molecule has 2 aromatic rings. The summed E-state index contributed by atoms with van der Waals surface area (Å²) in [4.78, 5) is 5.72. The predicted molar refractivity (Wildman–Crippen MR) is 113 cm³/mol. The highest BCUT2D eigenvalue weighted by Crippen LogP contribution is 2.42. The number of hydrogen-bond donors (Lipinski definition) is 1. The van der Waals surface area contributed by atoms with Crippen molar-refractivity contribution in [2.24, 2.45) is 0 Å². The Morgan fingerprint density at radius 2 is 1.96 bits per heavy atom. The monoisotopic (exact) mass is 408 g/mol. The Morgan fingerprint density at radius 3 is 2.56 bits per heavy atom. The highest BCUT2D eigenvalue weighted by molar-refractivity contribution is 7.80. The summed E-state index contributed by atoms with van der Waals surface area (Å²) in [5.41, 5.74) is 1.06. The van der Waals surface area contributed by atoms with Crippen LogP contribution in [0.1, 0.15) is 63.8 Å². The first kappa shape index (κ1) is 20.3. The molecule has 1 atom stereocenters. The van der Waals surface area contributed by atoms with Gasteiger partial charge in [-0.3, -0.25) is 8.86 Å². The Hall–Kier alpha value is -1.44. The molecule has 7 heteroatoms. The van der Waals surface area contributed by atoms with Crippen LogP contribution in [0.4, 0.5) is 5.69 Å². The van der Waals surface area contributed by atoms with Crippen LogP contribution in [-0.4, -0.2) is 26.4 Å². The number of anilines is 1. The van der Waals surface area contributed by atoms with Gasteiger partial charge in [0.15, 0.2) is 0 Å². The molecule has 1 N–H and O–H groups in total. The number of thiazole rings is 1. The van der Waals surface area contributed by atoms with Crippen molar-refractivity contribution in [2.75, 3.05) is 11.4 Å². The molecular formula is C20H28N2O3S2. The number of benzene rings is 1. The topological polar surface area (TPSA) is 62.7 Å². The molecule has 5 nitrogen and oxygen atoms in total. The van der Waals surface area contributed by atoms with Crippen molar-refractivity contribution in [1.82, 2.24) is 4.98 Å². The molecule has 1 unspecified atom stereocenters.